The van der Waals surface area contributed by atoms with E-state index in [0.717, 1.165) is 0 Å². The number of nitriles is 1. The highest BCUT2D eigenvalue weighted by atomic mass is 35.5. The lowest BCUT2D eigenvalue weighted by Gasteiger charge is -2.06. The monoisotopic (exact) mass is 256 g/mol. The van der Waals surface area contributed by atoms with Gasteiger partial charge in [0.2, 0.25) is 0 Å². The summed E-state index contributed by atoms with van der Waals surface area (Å²) in [6, 6.07) is 15.5. The third kappa shape index (κ3) is 2.68. The zero-order valence-electron chi connectivity index (χ0n) is 9.35. The van der Waals surface area contributed by atoms with Crippen molar-refractivity contribution in [2.45, 2.75) is 0 Å². The van der Waals surface area contributed by atoms with Gasteiger partial charge in [0.15, 0.2) is 0 Å². The number of nitrogens with one attached hydrogen (secondary N) is 1. The van der Waals surface area contributed by atoms with E-state index in [1.165, 1.54) is 0 Å². The molecule has 0 unspecified atom stereocenters. The van der Waals surface area contributed by atoms with Gasteiger partial charge in [-0.3, -0.25) is 4.79 Å². The van der Waals surface area contributed by atoms with Crippen LogP contribution in [0.5, 0.6) is 0 Å². The summed E-state index contributed by atoms with van der Waals surface area (Å²) in [6.07, 6.45) is 0. The maximum atomic E-state index is 11.9. The zero-order valence-corrected chi connectivity index (χ0v) is 10.1. The molecule has 0 fully saturated rings. The van der Waals surface area contributed by atoms with Crippen molar-refractivity contribution in [3.05, 3.63) is 64.7 Å². The van der Waals surface area contributed by atoms with E-state index in [-0.39, 0.29) is 5.91 Å². The van der Waals surface area contributed by atoms with E-state index in [1.807, 2.05) is 6.07 Å². The van der Waals surface area contributed by atoms with Gasteiger partial charge < -0.3 is 5.32 Å². The molecule has 4 heteroatoms. The van der Waals surface area contributed by atoms with Crippen molar-refractivity contribution in [1.82, 2.24) is 0 Å². The minimum absolute atomic E-state index is 0.273. The number of halogens is 1. The summed E-state index contributed by atoms with van der Waals surface area (Å²) in [5, 5.41) is 11.8. The molecule has 0 spiro atoms. The molecule has 18 heavy (non-hydrogen) atoms. The van der Waals surface area contributed by atoms with Gasteiger partial charge in [-0.25, -0.2) is 0 Å². The normalized spacial score (nSPS) is 9.56. The van der Waals surface area contributed by atoms with Gasteiger partial charge >= 0.3 is 0 Å². The largest absolute Gasteiger partial charge is 0.322 e. The van der Waals surface area contributed by atoms with Crippen LogP contribution in [-0.4, -0.2) is 5.91 Å². The Morgan fingerprint density at radius 2 is 1.78 bits per heavy atom. The summed E-state index contributed by atoms with van der Waals surface area (Å²) in [7, 11) is 0. The van der Waals surface area contributed by atoms with E-state index in [0.29, 0.717) is 21.8 Å². The fraction of sp³-hybridized carbons (Fsp3) is 0. The molecule has 0 aliphatic heterocycles. The van der Waals surface area contributed by atoms with E-state index >= 15 is 0 Å². The van der Waals surface area contributed by atoms with Crippen LogP contribution in [0.4, 0.5) is 5.69 Å². The summed E-state index contributed by atoms with van der Waals surface area (Å²) in [6.45, 7) is 0. The van der Waals surface area contributed by atoms with Crippen molar-refractivity contribution in [1.29, 1.82) is 5.26 Å². The van der Waals surface area contributed by atoms with Crippen LogP contribution in [0.15, 0.2) is 48.5 Å². The van der Waals surface area contributed by atoms with Gasteiger partial charge in [0.1, 0.15) is 0 Å². The lowest BCUT2D eigenvalue weighted by atomic mass is 10.2. The Bertz CT molecular complexity index is 614. The highest BCUT2D eigenvalue weighted by Crippen LogP contribution is 2.17. The highest BCUT2D eigenvalue weighted by Gasteiger charge is 2.09. The number of nitrogens with zero attached hydrogens (tertiary/aromatic N) is 1. The molecule has 0 atom stereocenters. The Balaban J connectivity index is 2.17. The topological polar surface area (TPSA) is 52.9 Å². The lowest BCUT2D eigenvalue weighted by Crippen LogP contribution is -2.12. The van der Waals surface area contributed by atoms with Gasteiger partial charge in [-0.1, -0.05) is 23.7 Å². The van der Waals surface area contributed by atoms with Crippen LogP contribution >= 0.6 is 11.6 Å². The standard InChI is InChI=1S/C14H9ClN2O/c15-13-4-2-1-3-12(13)14(18)17-11-7-5-10(9-16)6-8-11/h1-8H,(H,17,18). The third-order valence-electron chi connectivity index (χ3n) is 2.39. The van der Waals surface area contributed by atoms with Crippen molar-refractivity contribution in [3.63, 3.8) is 0 Å². The van der Waals surface area contributed by atoms with Crippen molar-refractivity contribution < 1.29 is 4.79 Å². The quantitative estimate of drug-likeness (QED) is 0.895. The molecule has 0 aliphatic carbocycles. The van der Waals surface area contributed by atoms with Crippen LogP contribution in [-0.2, 0) is 0 Å². The Kier molecular flexibility index (Phi) is 3.61. The molecule has 0 saturated carbocycles. The summed E-state index contributed by atoms with van der Waals surface area (Å²) in [5.74, 6) is -0.273. The number of amides is 1. The van der Waals surface area contributed by atoms with Crippen LogP contribution in [0.2, 0.25) is 5.02 Å². The molecule has 0 heterocycles. The second kappa shape index (κ2) is 5.35. The molecule has 2 aromatic carbocycles. The second-order valence-electron chi connectivity index (χ2n) is 3.62. The predicted molar refractivity (Wildman–Crippen MR) is 70.6 cm³/mol. The number of hydrogen-bond donors (Lipinski definition) is 1. The SMILES string of the molecule is N#Cc1ccc(NC(=O)c2ccccc2Cl)cc1. The number of carbonyl (C=O) groups excluding carboxylic acids is 1. The molecule has 0 aromatic heterocycles. The molecule has 0 radical (unpaired) electrons. The van der Waals surface area contributed by atoms with Crippen LogP contribution in [0.25, 0.3) is 0 Å². The maximum absolute atomic E-state index is 11.9. The van der Waals surface area contributed by atoms with Gasteiger partial charge in [-0.15, -0.1) is 0 Å². The molecule has 0 saturated heterocycles. The molecule has 2 aromatic rings. The van der Waals surface area contributed by atoms with Gasteiger partial charge in [0.25, 0.3) is 5.91 Å². The zero-order chi connectivity index (χ0) is 13.0. The van der Waals surface area contributed by atoms with E-state index < -0.39 is 0 Å². The average Bonchev–Trinajstić information content (AvgIpc) is 2.40. The number of rotatable bonds is 2. The van der Waals surface area contributed by atoms with Crippen molar-refractivity contribution in [2.75, 3.05) is 5.32 Å². The fourth-order valence-electron chi connectivity index (χ4n) is 1.47. The van der Waals surface area contributed by atoms with Crippen LogP contribution in [0.3, 0.4) is 0 Å². The third-order valence-corrected chi connectivity index (χ3v) is 2.72. The van der Waals surface area contributed by atoms with Gasteiger partial charge in [-0.05, 0) is 36.4 Å². The first-order chi connectivity index (χ1) is 8.70. The highest BCUT2D eigenvalue weighted by molar-refractivity contribution is 6.34. The molecule has 3 nitrogen and oxygen atoms in total. The van der Waals surface area contributed by atoms with Gasteiger partial charge in [-0.2, -0.15) is 5.26 Å². The number of carbonyl (C=O) groups is 1. The van der Waals surface area contributed by atoms with Gasteiger partial charge in [0.05, 0.1) is 22.2 Å². The Morgan fingerprint density at radius 3 is 2.39 bits per heavy atom. The number of benzene rings is 2. The first-order valence-corrected chi connectivity index (χ1v) is 5.64. The van der Waals surface area contributed by atoms with E-state index in [4.69, 9.17) is 16.9 Å². The van der Waals surface area contributed by atoms with E-state index in [2.05, 4.69) is 5.32 Å². The molecular formula is C14H9ClN2O. The second-order valence-corrected chi connectivity index (χ2v) is 4.03. The summed E-state index contributed by atoms with van der Waals surface area (Å²) < 4.78 is 0. The summed E-state index contributed by atoms with van der Waals surface area (Å²) >= 11 is 5.93. The summed E-state index contributed by atoms with van der Waals surface area (Å²) in [4.78, 5) is 11.9. The molecule has 88 valence electrons. The smallest absolute Gasteiger partial charge is 0.257 e. The van der Waals surface area contributed by atoms with Crippen LogP contribution < -0.4 is 5.32 Å². The van der Waals surface area contributed by atoms with E-state index in [9.17, 15) is 4.79 Å². The van der Waals surface area contributed by atoms with Crippen molar-refractivity contribution in [3.8, 4) is 6.07 Å². The Hall–Kier alpha value is -2.31. The predicted octanol–water partition coefficient (Wildman–Crippen LogP) is 3.46. The van der Waals surface area contributed by atoms with Crippen LogP contribution in [0.1, 0.15) is 15.9 Å². The first kappa shape index (κ1) is 12.2. The summed E-state index contributed by atoms with van der Waals surface area (Å²) in [5.41, 5.74) is 1.59. The number of anilines is 1. The lowest BCUT2D eigenvalue weighted by molar-refractivity contribution is 0.102. The molecule has 0 bridgehead atoms. The maximum Gasteiger partial charge on any atom is 0.257 e. The number of hydrogen-bond acceptors (Lipinski definition) is 2. The Labute approximate surface area is 110 Å². The fourth-order valence-corrected chi connectivity index (χ4v) is 1.69. The molecule has 2 rings (SSSR count). The van der Waals surface area contributed by atoms with Gasteiger partial charge in [0, 0.05) is 5.69 Å². The Morgan fingerprint density at radius 1 is 1.11 bits per heavy atom. The minimum Gasteiger partial charge on any atom is -0.322 e. The first-order valence-electron chi connectivity index (χ1n) is 5.27. The molecule has 1 amide bonds. The van der Waals surface area contributed by atoms with Crippen LogP contribution in [0, 0.1) is 11.3 Å². The molecule has 0 aliphatic rings. The van der Waals surface area contributed by atoms with Crippen molar-refractivity contribution in [2.24, 2.45) is 0 Å². The van der Waals surface area contributed by atoms with Crippen molar-refractivity contribution >= 4 is 23.2 Å². The molecular weight excluding hydrogens is 248 g/mol. The average molecular weight is 257 g/mol. The molecule has 1 N–H and O–H groups in total. The van der Waals surface area contributed by atoms with E-state index in [1.54, 1.807) is 48.5 Å². The minimum atomic E-state index is -0.273.